The molecule has 206 valence electrons. The Morgan fingerprint density at radius 3 is 1.90 bits per heavy atom. The lowest BCUT2D eigenvalue weighted by molar-refractivity contribution is -0.384. The van der Waals surface area contributed by atoms with Crippen molar-refractivity contribution in [2.75, 3.05) is 33.3 Å². The van der Waals surface area contributed by atoms with Gasteiger partial charge in [0, 0.05) is 51.4 Å². The molecule has 0 aliphatic carbocycles. The molecule has 1 fully saturated rings. The Morgan fingerprint density at radius 2 is 1.36 bits per heavy atom. The topological polar surface area (TPSA) is 143 Å². The summed E-state index contributed by atoms with van der Waals surface area (Å²) in [4.78, 5) is 33.6. The van der Waals surface area contributed by atoms with Crippen LogP contribution in [0, 0.1) is 10.1 Å². The third-order valence-corrected chi connectivity index (χ3v) is 6.05. The number of nitro benzene ring substituents is 1. The van der Waals surface area contributed by atoms with E-state index in [4.69, 9.17) is 29.3 Å². The summed E-state index contributed by atoms with van der Waals surface area (Å²) in [6, 6.07) is 23.1. The molecule has 0 radical (unpaired) electrons. The zero-order chi connectivity index (χ0) is 28.2. The average molecular weight is 538 g/mol. The highest BCUT2D eigenvalue weighted by Gasteiger charge is 2.19. The Morgan fingerprint density at radius 1 is 0.795 bits per heavy atom. The minimum absolute atomic E-state index is 0.149. The highest BCUT2D eigenvalue weighted by molar-refractivity contribution is 6.27. The van der Waals surface area contributed by atoms with Gasteiger partial charge < -0.3 is 19.7 Å². The summed E-state index contributed by atoms with van der Waals surface area (Å²) < 4.78 is 11.5. The van der Waals surface area contributed by atoms with Gasteiger partial charge in [-0.05, 0) is 28.8 Å². The molecule has 1 aliphatic heterocycles. The fourth-order valence-electron chi connectivity index (χ4n) is 4.06. The van der Waals surface area contributed by atoms with Crippen molar-refractivity contribution < 1.29 is 34.2 Å². The average Bonchev–Trinajstić information content (AvgIpc) is 2.94. The minimum Gasteiger partial charge on any atom is -0.493 e. The standard InChI is InChI=1S/C26H29N3O4.C2H2O4/c1-32-25-11-10-23(17-26(25)33-20-21-6-3-2-4-7-21)19-28-14-12-27(13-15-28)18-22-8-5-9-24(16-22)29(30)31;3-1(4)2(5)6/h2-11,16-17H,12-15,18-20H2,1H3;(H,3,4)(H,5,6). The maximum atomic E-state index is 11.0. The number of carboxylic acids is 2. The third kappa shape index (κ3) is 9.40. The molecule has 0 amide bonds. The SMILES string of the molecule is COc1ccc(CN2CCN(Cc3cccc([N+](=O)[O-])c3)CC2)cc1OCc1ccccc1.O=C(O)C(=O)O. The van der Waals surface area contributed by atoms with Gasteiger partial charge in [0.05, 0.1) is 12.0 Å². The van der Waals surface area contributed by atoms with Crippen molar-refractivity contribution in [1.29, 1.82) is 0 Å². The molecule has 0 unspecified atom stereocenters. The molecule has 0 bridgehead atoms. The molecule has 11 heteroatoms. The molecule has 2 N–H and O–H groups in total. The number of ether oxygens (including phenoxy) is 2. The van der Waals surface area contributed by atoms with Gasteiger partial charge in [-0.2, -0.15) is 0 Å². The number of aliphatic carboxylic acids is 2. The second-order valence-electron chi connectivity index (χ2n) is 8.85. The maximum absolute atomic E-state index is 11.0. The van der Waals surface area contributed by atoms with Gasteiger partial charge in [-0.3, -0.25) is 19.9 Å². The third-order valence-electron chi connectivity index (χ3n) is 6.05. The van der Waals surface area contributed by atoms with Crippen LogP contribution in [-0.4, -0.2) is 70.2 Å². The van der Waals surface area contributed by atoms with Gasteiger partial charge in [0.25, 0.3) is 5.69 Å². The number of rotatable bonds is 9. The van der Waals surface area contributed by atoms with Crippen molar-refractivity contribution in [3.8, 4) is 11.5 Å². The molecule has 11 nitrogen and oxygen atoms in total. The first-order valence-corrected chi connectivity index (χ1v) is 12.2. The summed E-state index contributed by atoms with van der Waals surface area (Å²) >= 11 is 0. The fraction of sp³-hybridized carbons (Fsp3) is 0.286. The first-order chi connectivity index (χ1) is 18.7. The van der Waals surface area contributed by atoms with E-state index < -0.39 is 11.9 Å². The molecule has 3 aromatic rings. The molecule has 0 spiro atoms. The number of nitro groups is 1. The van der Waals surface area contributed by atoms with Crippen LogP contribution < -0.4 is 9.47 Å². The van der Waals surface area contributed by atoms with Crippen molar-refractivity contribution in [3.63, 3.8) is 0 Å². The maximum Gasteiger partial charge on any atom is 0.414 e. The van der Waals surface area contributed by atoms with Crippen LogP contribution in [0.15, 0.2) is 72.8 Å². The smallest absolute Gasteiger partial charge is 0.414 e. The summed E-state index contributed by atoms with van der Waals surface area (Å²) in [5, 5.41) is 25.8. The number of nitrogens with zero attached hydrogens (tertiary/aromatic N) is 3. The molecular formula is C28H31N3O8. The van der Waals surface area contributed by atoms with Crippen molar-refractivity contribution >= 4 is 17.6 Å². The van der Waals surface area contributed by atoms with E-state index in [1.165, 1.54) is 11.6 Å². The Kier molecular flexibility index (Phi) is 10.8. The lowest BCUT2D eigenvalue weighted by atomic mass is 10.1. The number of carbonyl (C=O) groups is 2. The van der Waals surface area contributed by atoms with E-state index >= 15 is 0 Å². The summed E-state index contributed by atoms with van der Waals surface area (Å²) in [5.41, 5.74) is 3.43. The van der Waals surface area contributed by atoms with E-state index in [9.17, 15) is 10.1 Å². The molecule has 1 saturated heterocycles. The quantitative estimate of drug-likeness (QED) is 0.236. The normalized spacial score (nSPS) is 13.6. The van der Waals surface area contributed by atoms with E-state index in [0.717, 1.165) is 61.9 Å². The lowest BCUT2D eigenvalue weighted by Crippen LogP contribution is -2.45. The van der Waals surface area contributed by atoms with Crippen LogP contribution in [0.25, 0.3) is 0 Å². The number of methoxy groups -OCH3 is 1. The molecule has 0 atom stereocenters. The van der Waals surface area contributed by atoms with Crippen LogP contribution in [0.5, 0.6) is 11.5 Å². The second-order valence-corrected chi connectivity index (χ2v) is 8.85. The van der Waals surface area contributed by atoms with E-state index in [-0.39, 0.29) is 10.6 Å². The zero-order valence-corrected chi connectivity index (χ0v) is 21.6. The van der Waals surface area contributed by atoms with Crippen molar-refractivity contribution in [2.45, 2.75) is 19.7 Å². The van der Waals surface area contributed by atoms with Crippen molar-refractivity contribution in [3.05, 3.63) is 99.6 Å². The highest BCUT2D eigenvalue weighted by Crippen LogP contribution is 2.29. The number of non-ortho nitro benzene ring substituents is 1. The fourth-order valence-corrected chi connectivity index (χ4v) is 4.06. The largest absolute Gasteiger partial charge is 0.493 e. The van der Waals surface area contributed by atoms with Crippen LogP contribution in [0.1, 0.15) is 16.7 Å². The second kappa shape index (κ2) is 14.5. The monoisotopic (exact) mass is 537 g/mol. The Balaban J connectivity index is 0.000000631. The molecular weight excluding hydrogens is 506 g/mol. The molecule has 39 heavy (non-hydrogen) atoms. The first-order valence-electron chi connectivity index (χ1n) is 12.2. The number of carboxylic acid groups (broad SMARTS) is 2. The van der Waals surface area contributed by atoms with Crippen LogP contribution in [0.2, 0.25) is 0 Å². The van der Waals surface area contributed by atoms with Gasteiger partial charge >= 0.3 is 11.9 Å². The van der Waals surface area contributed by atoms with E-state index in [1.807, 2.05) is 42.5 Å². The number of benzene rings is 3. The summed E-state index contributed by atoms with van der Waals surface area (Å²) in [7, 11) is 1.66. The number of hydrogen-bond acceptors (Lipinski definition) is 8. The minimum atomic E-state index is -1.82. The van der Waals surface area contributed by atoms with Crippen molar-refractivity contribution in [1.82, 2.24) is 9.80 Å². The van der Waals surface area contributed by atoms with E-state index in [0.29, 0.717) is 6.61 Å². The Labute approximate surface area is 226 Å². The summed E-state index contributed by atoms with van der Waals surface area (Å²) in [6.45, 7) is 5.82. The van der Waals surface area contributed by atoms with Crippen LogP contribution in [0.3, 0.4) is 0 Å². The molecule has 0 saturated carbocycles. The molecule has 1 aliphatic rings. The van der Waals surface area contributed by atoms with Crippen LogP contribution >= 0.6 is 0 Å². The number of piperazine rings is 1. The Bertz CT molecular complexity index is 1250. The van der Waals surface area contributed by atoms with Crippen LogP contribution in [-0.2, 0) is 29.3 Å². The summed E-state index contributed by atoms with van der Waals surface area (Å²) in [6.07, 6.45) is 0. The molecule has 4 rings (SSSR count). The molecule has 0 aromatic heterocycles. The van der Waals surface area contributed by atoms with Gasteiger partial charge in [-0.15, -0.1) is 0 Å². The zero-order valence-electron chi connectivity index (χ0n) is 21.6. The molecule has 1 heterocycles. The predicted octanol–water partition coefficient (Wildman–Crippen LogP) is 3.66. The van der Waals surface area contributed by atoms with Gasteiger partial charge in [0.1, 0.15) is 6.61 Å². The van der Waals surface area contributed by atoms with E-state index in [2.05, 4.69) is 21.9 Å². The lowest BCUT2D eigenvalue weighted by Gasteiger charge is -2.34. The van der Waals surface area contributed by atoms with Gasteiger partial charge in [0.15, 0.2) is 11.5 Å². The summed E-state index contributed by atoms with van der Waals surface area (Å²) in [5.74, 6) is -2.16. The van der Waals surface area contributed by atoms with Gasteiger partial charge in [-0.25, -0.2) is 9.59 Å². The molecule has 3 aromatic carbocycles. The Hall–Kier alpha value is -4.48. The number of hydrogen-bond donors (Lipinski definition) is 2. The van der Waals surface area contributed by atoms with Crippen LogP contribution in [0.4, 0.5) is 5.69 Å². The predicted molar refractivity (Wildman–Crippen MR) is 143 cm³/mol. The van der Waals surface area contributed by atoms with Gasteiger partial charge in [-0.1, -0.05) is 48.5 Å². The van der Waals surface area contributed by atoms with E-state index in [1.54, 1.807) is 19.2 Å². The van der Waals surface area contributed by atoms with Crippen molar-refractivity contribution in [2.24, 2.45) is 0 Å². The highest BCUT2D eigenvalue weighted by atomic mass is 16.6. The van der Waals surface area contributed by atoms with Gasteiger partial charge in [0.2, 0.25) is 0 Å². The first kappa shape index (κ1) is 29.1.